The summed E-state index contributed by atoms with van der Waals surface area (Å²) < 4.78 is 39.6. The molecule has 2 N–H and O–H groups in total. The summed E-state index contributed by atoms with van der Waals surface area (Å²) in [7, 11) is -0.923. The van der Waals surface area contributed by atoms with Gasteiger partial charge in [-0.3, -0.25) is 5.41 Å². The molecule has 0 radical (unpaired) electrons. The minimum absolute atomic E-state index is 0.0981. The van der Waals surface area contributed by atoms with Crippen LogP contribution in [0.4, 0.5) is 0 Å². The van der Waals surface area contributed by atoms with E-state index in [-0.39, 0.29) is 22.0 Å². The minimum Gasteiger partial charge on any atom is -0.493 e. The van der Waals surface area contributed by atoms with Gasteiger partial charge in [-0.25, -0.2) is 13.4 Å². The molecule has 0 fully saturated rings. The summed E-state index contributed by atoms with van der Waals surface area (Å²) in [5.74, 6) is 1.13. The highest BCUT2D eigenvalue weighted by atomic mass is 32.2. The van der Waals surface area contributed by atoms with Gasteiger partial charge in [0.1, 0.15) is 11.2 Å². The summed E-state index contributed by atoms with van der Waals surface area (Å²) in [6.45, 7) is 2.11. The highest BCUT2D eigenvalue weighted by Crippen LogP contribution is 2.29. The topological polar surface area (TPSA) is 110 Å². The first-order valence-electron chi connectivity index (χ1n) is 10.9. The standard InChI is InChI=1S/C26H24N4O4S/c1-16-8-11-18(12-9-16)35(31,32)26-24(27)30(15-17-10-13-21(33-2)22(14-17)34-3)25-23(29-26)19-6-4-5-7-20(19)28-25/h4-14,27-28H,15H2,1-3H3. The zero-order valence-electron chi connectivity index (χ0n) is 19.5. The molecule has 178 valence electrons. The lowest BCUT2D eigenvalue weighted by atomic mass is 10.2. The largest absolute Gasteiger partial charge is 0.493 e. The van der Waals surface area contributed by atoms with Gasteiger partial charge in [0.2, 0.25) is 14.9 Å². The highest BCUT2D eigenvalue weighted by Gasteiger charge is 2.25. The predicted octanol–water partition coefficient (Wildman–Crippen LogP) is 4.20. The van der Waals surface area contributed by atoms with Gasteiger partial charge in [0, 0.05) is 10.9 Å². The van der Waals surface area contributed by atoms with Gasteiger partial charge < -0.3 is 19.0 Å². The number of fused-ring (bicyclic) bond motifs is 3. The third kappa shape index (κ3) is 3.83. The predicted molar refractivity (Wildman–Crippen MR) is 133 cm³/mol. The molecule has 0 aliphatic heterocycles. The second-order valence-electron chi connectivity index (χ2n) is 8.23. The maximum Gasteiger partial charge on any atom is 0.227 e. The van der Waals surface area contributed by atoms with Crippen LogP contribution in [0, 0.1) is 12.3 Å². The third-order valence-electron chi connectivity index (χ3n) is 5.99. The maximum absolute atomic E-state index is 13.6. The molecule has 5 rings (SSSR count). The summed E-state index contributed by atoms with van der Waals surface area (Å²) >= 11 is 0. The number of nitrogens with zero attached hydrogens (tertiary/aromatic N) is 2. The van der Waals surface area contributed by atoms with Crippen molar-refractivity contribution in [1.29, 1.82) is 5.41 Å². The third-order valence-corrected chi connectivity index (χ3v) is 7.68. The number of H-pyrrole nitrogens is 1. The number of hydrogen-bond acceptors (Lipinski definition) is 6. The molecule has 0 saturated heterocycles. The Hall–Kier alpha value is -4.11. The molecule has 0 spiro atoms. The second kappa shape index (κ2) is 8.59. The van der Waals surface area contributed by atoms with Gasteiger partial charge in [-0.1, -0.05) is 42.0 Å². The van der Waals surface area contributed by atoms with Crippen LogP contribution in [-0.4, -0.2) is 37.2 Å². The summed E-state index contributed by atoms with van der Waals surface area (Å²) in [6.07, 6.45) is 0. The molecule has 35 heavy (non-hydrogen) atoms. The lowest BCUT2D eigenvalue weighted by Crippen LogP contribution is -2.29. The smallest absolute Gasteiger partial charge is 0.227 e. The first kappa shape index (κ1) is 22.7. The summed E-state index contributed by atoms with van der Waals surface area (Å²) in [5, 5.41) is 9.41. The number of benzene rings is 3. The molecule has 2 heterocycles. The quantitative estimate of drug-likeness (QED) is 0.372. The molecule has 3 aromatic carbocycles. The van der Waals surface area contributed by atoms with Crippen LogP contribution in [0.2, 0.25) is 0 Å². The number of aromatic amines is 1. The Bertz CT molecular complexity index is 1740. The molecule has 8 nitrogen and oxygen atoms in total. The number of aromatic nitrogens is 3. The van der Waals surface area contributed by atoms with E-state index in [1.54, 1.807) is 49.1 Å². The van der Waals surface area contributed by atoms with Crippen molar-refractivity contribution < 1.29 is 17.9 Å². The van der Waals surface area contributed by atoms with E-state index in [1.165, 1.54) is 0 Å². The summed E-state index contributed by atoms with van der Waals surface area (Å²) in [4.78, 5) is 7.94. The van der Waals surface area contributed by atoms with Gasteiger partial charge in [0.25, 0.3) is 0 Å². The average Bonchev–Trinajstić information content (AvgIpc) is 3.24. The van der Waals surface area contributed by atoms with Gasteiger partial charge in [-0.2, -0.15) is 0 Å². The molecule has 0 aliphatic rings. The fourth-order valence-electron chi connectivity index (χ4n) is 4.14. The van der Waals surface area contributed by atoms with Gasteiger partial charge in [-0.15, -0.1) is 0 Å². The molecule has 9 heteroatoms. The molecular formula is C26H24N4O4S. The fourth-order valence-corrected chi connectivity index (χ4v) is 5.43. The number of sulfone groups is 1. The number of rotatable bonds is 6. The number of nitrogens with one attached hydrogen (secondary N) is 2. The molecule has 0 aliphatic carbocycles. The number of methoxy groups -OCH3 is 2. The first-order chi connectivity index (χ1) is 16.8. The van der Waals surface area contributed by atoms with Crippen LogP contribution in [0.1, 0.15) is 11.1 Å². The van der Waals surface area contributed by atoms with E-state index >= 15 is 0 Å². The molecule has 5 aromatic rings. The van der Waals surface area contributed by atoms with Crippen LogP contribution in [0.15, 0.2) is 76.7 Å². The molecule has 2 aromatic heterocycles. The Kier molecular flexibility index (Phi) is 5.56. The van der Waals surface area contributed by atoms with E-state index in [9.17, 15) is 8.42 Å². The zero-order chi connectivity index (χ0) is 24.7. The fraction of sp³-hybridized carbons (Fsp3) is 0.154. The average molecular weight is 489 g/mol. The summed E-state index contributed by atoms with van der Waals surface area (Å²) in [5.41, 5.74) is 3.40. The van der Waals surface area contributed by atoms with Crippen molar-refractivity contribution in [2.24, 2.45) is 0 Å². The number of aryl methyl sites for hydroxylation is 1. The molecule has 0 atom stereocenters. The number of para-hydroxylation sites is 1. The monoisotopic (exact) mass is 488 g/mol. The second-order valence-corrected chi connectivity index (χ2v) is 10.1. The van der Waals surface area contributed by atoms with Crippen molar-refractivity contribution in [3.8, 4) is 11.5 Å². The van der Waals surface area contributed by atoms with Gasteiger partial charge in [0.15, 0.2) is 17.0 Å². The molecule has 0 saturated carbocycles. The summed E-state index contributed by atoms with van der Waals surface area (Å²) in [6, 6.07) is 19.6. The lowest BCUT2D eigenvalue weighted by Gasteiger charge is -2.14. The van der Waals surface area contributed by atoms with Crippen LogP contribution in [0.5, 0.6) is 11.5 Å². The van der Waals surface area contributed by atoms with E-state index in [4.69, 9.17) is 14.9 Å². The van der Waals surface area contributed by atoms with Crippen LogP contribution in [0.25, 0.3) is 22.1 Å². The molecule has 0 unspecified atom stereocenters. The highest BCUT2D eigenvalue weighted by molar-refractivity contribution is 7.91. The maximum atomic E-state index is 13.6. The Morgan fingerprint density at radius 3 is 2.40 bits per heavy atom. The Balaban J connectivity index is 1.78. The number of hydrogen-bond donors (Lipinski definition) is 2. The van der Waals surface area contributed by atoms with Crippen molar-refractivity contribution in [3.05, 3.63) is 83.3 Å². The Labute approximate surface area is 202 Å². The van der Waals surface area contributed by atoms with Gasteiger partial charge >= 0.3 is 0 Å². The van der Waals surface area contributed by atoms with E-state index in [1.807, 2.05) is 43.3 Å². The lowest BCUT2D eigenvalue weighted by molar-refractivity contribution is 0.354. The van der Waals surface area contributed by atoms with Gasteiger partial charge in [-0.05, 0) is 42.8 Å². The minimum atomic E-state index is -4.04. The van der Waals surface area contributed by atoms with Crippen LogP contribution in [0.3, 0.4) is 0 Å². The first-order valence-corrected chi connectivity index (χ1v) is 12.4. The van der Waals surface area contributed by atoms with E-state index in [2.05, 4.69) is 9.97 Å². The normalized spacial score (nSPS) is 11.7. The molecule has 0 bridgehead atoms. The molecule has 0 amide bonds. The van der Waals surface area contributed by atoms with Gasteiger partial charge in [0.05, 0.1) is 25.7 Å². The molecular weight excluding hydrogens is 464 g/mol. The van der Waals surface area contributed by atoms with E-state index in [0.29, 0.717) is 22.7 Å². The van der Waals surface area contributed by atoms with E-state index < -0.39 is 9.84 Å². The SMILES string of the molecule is COc1ccc(Cn2c(=N)c(S(=O)(=O)c3ccc(C)cc3)nc3c4ccccc4[nH]c32)cc1OC. The van der Waals surface area contributed by atoms with Crippen LogP contribution >= 0.6 is 0 Å². The van der Waals surface area contributed by atoms with Crippen molar-refractivity contribution >= 4 is 31.9 Å². The zero-order valence-corrected chi connectivity index (χ0v) is 20.3. The Morgan fingerprint density at radius 2 is 1.69 bits per heavy atom. The van der Waals surface area contributed by atoms with Crippen LogP contribution in [-0.2, 0) is 16.4 Å². The van der Waals surface area contributed by atoms with Crippen molar-refractivity contribution in [3.63, 3.8) is 0 Å². The van der Waals surface area contributed by atoms with E-state index in [0.717, 1.165) is 22.0 Å². The Morgan fingerprint density at radius 1 is 0.971 bits per heavy atom. The van der Waals surface area contributed by atoms with Crippen molar-refractivity contribution in [2.75, 3.05) is 14.2 Å². The van der Waals surface area contributed by atoms with Crippen molar-refractivity contribution in [2.45, 2.75) is 23.4 Å². The number of ether oxygens (including phenoxy) is 2. The van der Waals surface area contributed by atoms with Crippen molar-refractivity contribution in [1.82, 2.24) is 14.5 Å². The van der Waals surface area contributed by atoms with Crippen LogP contribution < -0.4 is 15.0 Å².